The minimum absolute atomic E-state index is 0.0170. The van der Waals surface area contributed by atoms with Crippen LogP contribution in [0.5, 0.6) is 23.0 Å². The summed E-state index contributed by atoms with van der Waals surface area (Å²) in [5, 5.41) is 3.14. The molecule has 0 saturated carbocycles. The average molecular weight is 578 g/mol. The average Bonchev–Trinajstić information content (AvgIpc) is 3.06. The van der Waals surface area contributed by atoms with Gasteiger partial charge >= 0.3 is 5.69 Å². The van der Waals surface area contributed by atoms with Gasteiger partial charge in [-0.05, 0) is 53.1 Å². The second kappa shape index (κ2) is 12.4. The van der Waals surface area contributed by atoms with E-state index in [9.17, 15) is 4.79 Å². The van der Waals surface area contributed by atoms with Gasteiger partial charge in [-0.25, -0.2) is 4.79 Å². The van der Waals surface area contributed by atoms with Crippen molar-refractivity contribution in [3.8, 4) is 23.0 Å². The van der Waals surface area contributed by atoms with E-state index >= 15 is 0 Å². The van der Waals surface area contributed by atoms with Gasteiger partial charge in [0.1, 0.15) is 23.8 Å². The Hall–Kier alpha value is -5.12. The van der Waals surface area contributed by atoms with Crippen molar-refractivity contribution < 1.29 is 23.7 Å². The highest BCUT2D eigenvalue weighted by atomic mass is 16.5. The number of methoxy groups -OCH3 is 2. The maximum Gasteiger partial charge on any atom is 0.351 e. The zero-order valence-corrected chi connectivity index (χ0v) is 23.9. The summed E-state index contributed by atoms with van der Waals surface area (Å²) in [6.07, 6.45) is 1.59. The number of fused-ring (bicyclic) bond motifs is 2. The normalized spacial score (nSPS) is 12.0. The Kier molecular flexibility index (Phi) is 8.08. The molecule has 1 aromatic heterocycles. The first-order chi connectivity index (χ1) is 21.1. The van der Waals surface area contributed by atoms with E-state index in [4.69, 9.17) is 23.7 Å². The van der Waals surface area contributed by atoms with Crippen molar-refractivity contribution in [2.24, 2.45) is 0 Å². The van der Waals surface area contributed by atoms with Crippen molar-refractivity contribution in [2.75, 3.05) is 32.8 Å². The lowest BCUT2D eigenvalue weighted by molar-refractivity contribution is -0.0371. The number of rotatable bonds is 11. The van der Waals surface area contributed by atoms with Crippen LogP contribution in [0.25, 0.3) is 0 Å². The summed E-state index contributed by atoms with van der Waals surface area (Å²) in [5.74, 6) is 2.96. The molecule has 0 amide bonds. The van der Waals surface area contributed by atoms with Gasteiger partial charge in [0, 0.05) is 0 Å². The zero-order chi connectivity index (χ0) is 29.6. The van der Waals surface area contributed by atoms with Crippen LogP contribution in [0, 0.1) is 0 Å². The lowest BCUT2D eigenvalue weighted by Gasteiger charge is -2.36. The summed E-state index contributed by atoms with van der Waals surface area (Å²) in [5.41, 5.74) is 2.13. The van der Waals surface area contributed by atoms with Crippen molar-refractivity contribution in [2.45, 2.75) is 12.3 Å². The molecule has 218 valence electrons. The lowest BCUT2D eigenvalue weighted by atomic mass is 9.80. The quantitative estimate of drug-likeness (QED) is 0.146. The molecule has 9 nitrogen and oxygen atoms in total. The predicted octanol–water partition coefficient (Wildman–Crippen LogP) is 6.09. The van der Waals surface area contributed by atoms with E-state index < -0.39 is 11.3 Å². The number of hydrogen-bond acceptors (Lipinski definition) is 8. The maximum atomic E-state index is 12.7. The van der Waals surface area contributed by atoms with Gasteiger partial charge in [-0.15, -0.1) is 0 Å². The molecule has 1 aliphatic heterocycles. The van der Waals surface area contributed by atoms with E-state index in [1.807, 2.05) is 103 Å². The van der Waals surface area contributed by atoms with Crippen molar-refractivity contribution in [3.05, 3.63) is 136 Å². The fraction of sp³-hybridized carbons (Fsp3) is 0.176. The van der Waals surface area contributed by atoms with E-state index in [0.29, 0.717) is 17.3 Å². The Labute approximate surface area is 249 Å². The van der Waals surface area contributed by atoms with Crippen LogP contribution in [0.1, 0.15) is 16.7 Å². The summed E-state index contributed by atoms with van der Waals surface area (Å²) in [7, 11) is 3.28. The van der Waals surface area contributed by atoms with Crippen molar-refractivity contribution in [3.63, 3.8) is 0 Å². The summed E-state index contributed by atoms with van der Waals surface area (Å²) in [4.78, 5) is 16.8. The second-order valence-electron chi connectivity index (χ2n) is 9.82. The molecule has 1 aliphatic rings. The van der Waals surface area contributed by atoms with Crippen molar-refractivity contribution in [1.29, 1.82) is 0 Å². The summed E-state index contributed by atoms with van der Waals surface area (Å²) < 4.78 is 30.9. The standard InChI is InChI=1S/C34H31N3O6/c1-39-27-16-12-25(13-17-27)34(24-8-4-3-5-9-24,26-14-18-28(40-2)19-15-26)42-21-20-41-23-37-22-31-32(36-33(37)38)35-29-10-6-7-11-30(29)43-31/h3-19,22H,20-21,23H2,1-2H3,(H,35,36,38). The third-order valence-electron chi connectivity index (χ3n) is 7.27. The molecule has 0 unspecified atom stereocenters. The van der Waals surface area contributed by atoms with Gasteiger partial charge < -0.3 is 29.0 Å². The van der Waals surface area contributed by atoms with Gasteiger partial charge in [-0.1, -0.05) is 66.7 Å². The molecule has 0 saturated heterocycles. The Morgan fingerprint density at radius 3 is 2.00 bits per heavy atom. The summed E-state index contributed by atoms with van der Waals surface area (Å²) in [6, 6.07) is 33.2. The van der Waals surface area contributed by atoms with Gasteiger partial charge in [-0.2, -0.15) is 4.98 Å². The number of nitrogens with one attached hydrogen (secondary N) is 1. The van der Waals surface area contributed by atoms with Crippen LogP contribution in [0.4, 0.5) is 11.5 Å². The molecule has 0 atom stereocenters. The molecule has 5 aromatic rings. The Morgan fingerprint density at radius 2 is 1.35 bits per heavy atom. The molecule has 4 aromatic carbocycles. The minimum atomic E-state index is -0.958. The third kappa shape index (κ3) is 5.68. The summed E-state index contributed by atoms with van der Waals surface area (Å²) in [6.45, 7) is 0.425. The van der Waals surface area contributed by atoms with Crippen molar-refractivity contribution in [1.82, 2.24) is 9.55 Å². The SMILES string of the molecule is COc1ccc(C(OCCOCn2cc3c(nc2=O)Nc2ccccc2O3)(c2ccccc2)c2ccc(OC)cc2)cc1. The third-order valence-corrected chi connectivity index (χ3v) is 7.27. The van der Waals surface area contributed by atoms with E-state index in [1.165, 1.54) is 4.57 Å². The van der Waals surface area contributed by atoms with Gasteiger partial charge in [0.25, 0.3) is 0 Å². The van der Waals surface area contributed by atoms with Crippen LogP contribution in [-0.4, -0.2) is 37.0 Å². The molecular formula is C34H31N3O6. The first-order valence-corrected chi connectivity index (χ1v) is 13.8. The Bertz CT molecular complexity index is 1690. The second-order valence-corrected chi connectivity index (χ2v) is 9.82. The van der Waals surface area contributed by atoms with E-state index in [2.05, 4.69) is 10.3 Å². The van der Waals surface area contributed by atoms with Gasteiger partial charge in [0.2, 0.25) is 0 Å². The van der Waals surface area contributed by atoms with Crippen LogP contribution in [0.2, 0.25) is 0 Å². The number of aromatic nitrogens is 2. The van der Waals surface area contributed by atoms with Crippen molar-refractivity contribution >= 4 is 11.5 Å². The highest BCUT2D eigenvalue weighted by Gasteiger charge is 2.37. The number of benzene rings is 4. The molecular weight excluding hydrogens is 546 g/mol. The molecule has 43 heavy (non-hydrogen) atoms. The number of hydrogen-bond donors (Lipinski definition) is 1. The van der Waals surface area contributed by atoms with Gasteiger partial charge in [0.15, 0.2) is 17.3 Å². The van der Waals surface area contributed by atoms with E-state index in [0.717, 1.165) is 33.9 Å². The first kappa shape index (κ1) is 28.0. The molecule has 0 bridgehead atoms. The number of ether oxygens (including phenoxy) is 5. The first-order valence-electron chi connectivity index (χ1n) is 13.8. The summed E-state index contributed by atoms with van der Waals surface area (Å²) >= 11 is 0. The molecule has 0 spiro atoms. The molecule has 6 rings (SSSR count). The van der Waals surface area contributed by atoms with Crippen LogP contribution in [0.3, 0.4) is 0 Å². The number of nitrogens with zero attached hydrogens (tertiary/aromatic N) is 2. The molecule has 1 N–H and O–H groups in total. The van der Waals surface area contributed by atoms with E-state index in [-0.39, 0.29) is 19.9 Å². The Balaban J connectivity index is 1.23. The fourth-order valence-electron chi connectivity index (χ4n) is 5.13. The number of anilines is 2. The number of para-hydroxylation sites is 2. The largest absolute Gasteiger partial charge is 0.497 e. The lowest BCUT2D eigenvalue weighted by Crippen LogP contribution is -2.34. The van der Waals surface area contributed by atoms with Gasteiger partial charge in [0.05, 0.1) is 39.3 Å². The van der Waals surface area contributed by atoms with Crippen LogP contribution < -0.4 is 25.2 Å². The molecule has 9 heteroatoms. The molecule has 0 aliphatic carbocycles. The molecule has 0 fully saturated rings. The topological polar surface area (TPSA) is 93.1 Å². The molecule has 0 radical (unpaired) electrons. The van der Waals surface area contributed by atoms with Crippen LogP contribution in [0.15, 0.2) is 114 Å². The van der Waals surface area contributed by atoms with Gasteiger partial charge in [-0.3, -0.25) is 4.57 Å². The predicted molar refractivity (Wildman–Crippen MR) is 163 cm³/mol. The van der Waals surface area contributed by atoms with Crippen LogP contribution >= 0.6 is 0 Å². The minimum Gasteiger partial charge on any atom is -0.497 e. The smallest absolute Gasteiger partial charge is 0.351 e. The molecule has 2 heterocycles. The monoisotopic (exact) mass is 577 g/mol. The maximum absolute atomic E-state index is 12.7. The van der Waals surface area contributed by atoms with Crippen LogP contribution in [-0.2, 0) is 21.8 Å². The fourth-order valence-corrected chi connectivity index (χ4v) is 5.13. The highest BCUT2D eigenvalue weighted by Crippen LogP contribution is 2.42. The van der Waals surface area contributed by atoms with E-state index in [1.54, 1.807) is 20.4 Å². The Morgan fingerprint density at radius 1 is 0.744 bits per heavy atom. The zero-order valence-electron chi connectivity index (χ0n) is 23.9. The highest BCUT2D eigenvalue weighted by molar-refractivity contribution is 5.72.